The van der Waals surface area contributed by atoms with Crippen LogP contribution in [0.3, 0.4) is 0 Å². The highest BCUT2D eigenvalue weighted by Crippen LogP contribution is 2.66. The van der Waals surface area contributed by atoms with E-state index in [0.29, 0.717) is 12.8 Å². The van der Waals surface area contributed by atoms with Gasteiger partial charge in [-0.25, -0.2) is 0 Å². The fraction of sp³-hybridized carbons (Fsp3) is 0.714. The fourth-order valence-electron chi connectivity index (χ4n) is 6.96. The Morgan fingerprint density at radius 3 is 2.70 bits per heavy atom. The molecule has 3 fully saturated rings. The van der Waals surface area contributed by atoms with Crippen molar-refractivity contribution in [2.24, 2.45) is 34.3 Å². The highest BCUT2D eigenvalue weighted by Gasteiger charge is 2.67. The number of carbonyl (C=O) groups is 2. The molecule has 4 N–H and O–H groups in total. The fourth-order valence-corrected chi connectivity index (χ4v) is 6.96. The van der Waals surface area contributed by atoms with Gasteiger partial charge in [0.05, 0.1) is 12.6 Å². The molecule has 0 aromatic heterocycles. The summed E-state index contributed by atoms with van der Waals surface area (Å²) in [5.74, 6) is 0.137. The minimum atomic E-state index is -1.44. The monoisotopic (exact) mass is 395 g/mol. The number of hydrogen-bond donors (Lipinski definition) is 3. The van der Waals surface area contributed by atoms with E-state index in [9.17, 15) is 19.8 Å². The second kappa shape index (κ2) is 6.51. The first-order valence-corrected chi connectivity index (χ1v) is 9.75. The van der Waals surface area contributed by atoms with Crippen LogP contribution in [0, 0.1) is 28.6 Å². The van der Waals surface area contributed by atoms with Crippen molar-refractivity contribution >= 4 is 24.0 Å². The van der Waals surface area contributed by atoms with Crippen LogP contribution in [-0.4, -0.2) is 40.0 Å². The van der Waals surface area contributed by atoms with Crippen LogP contribution in [-0.2, 0) is 9.59 Å². The summed E-state index contributed by atoms with van der Waals surface area (Å²) in [6.07, 6.45) is 8.02. The van der Waals surface area contributed by atoms with E-state index >= 15 is 0 Å². The van der Waals surface area contributed by atoms with Crippen molar-refractivity contribution in [2.75, 3.05) is 6.54 Å². The lowest BCUT2D eigenvalue weighted by molar-refractivity contribution is -0.175. The molecular weight excluding hydrogens is 366 g/mol. The van der Waals surface area contributed by atoms with Crippen LogP contribution in [0.15, 0.2) is 23.8 Å². The van der Waals surface area contributed by atoms with E-state index in [1.807, 2.05) is 13.0 Å². The Hall–Kier alpha value is -1.01. The molecule has 4 aliphatic carbocycles. The number of ketones is 2. The summed E-state index contributed by atoms with van der Waals surface area (Å²) in [6.45, 7) is 3.92. The molecule has 150 valence electrons. The largest absolute Gasteiger partial charge is 0.393 e. The number of fused-ring (bicyclic) bond motifs is 5. The zero-order valence-electron chi connectivity index (χ0n) is 16.0. The number of carbonyl (C=O) groups excluding carboxylic acids is 2. The molecule has 0 radical (unpaired) electrons. The molecule has 27 heavy (non-hydrogen) atoms. The second-order valence-corrected chi connectivity index (χ2v) is 9.24. The Balaban J connectivity index is 0.00000210. The lowest BCUT2D eigenvalue weighted by Crippen LogP contribution is -2.62. The van der Waals surface area contributed by atoms with E-state index in [2.05, 4.69) is 6.92 Å². The maximum Gasteiger partial charge on any atom is 0.178 e. The summed E-state index contributed by atoms with van der Waals surface area (Å²) in [4.78, 5) is 24.3. The van der Waals surface area contributed by atoms with Gasteiger partial charge in [-0.15, -0.1) is 12.4 Å². The SMILES string of the molecule is C[C@]12C=CC(=O)C=C1CCC1C2C(O)C[C@@]2(C)C1CC[C@]2(O)C(=O)CN.Cl. The number of rotatable bonds is 2. The number of nitrogens with two attached hydrogens (primary N) is 1. The standard InChI is InChI=1S/C21H29NO4.ClH/c1-19-7-5-13(23)9-12(19)3-4-14-15-6-8-21(26,17(25)11-22)20(15,2)10-16(24)18(14)19;/h5,7,9,14-16,18,24,26H,3-4,6,8,10-11,22H2,1-2H3;1H/t14?,15?,16?,18?,19-,20-,21-;/m0./s1. The van der Waals surface area contributed by atoms with Gasteiger partial charge < -0.3 is 15.9 Å². The summed E-state index contributed by atoms with van der Waals surface area (Å²) in [5.41, 5.74) is 4.29. The van der Waals surface area contributed by atoms with Gasteiger partial charge in [-0.2, -0.15) is 0 Å². The molecule has 0 amide bonds. The van der Waals surface area contributed by atoms with Crippen LogP contribution in [0.1, 0.15) is 46.0 Å². The summed E-state index contributed by atoms with van der Waals surface area (Å²) in [6, 6.07) is 0. The van der Waals surface area contributed by atoms with Gasteiger partial charge in [0.25, 0.3) is 0 Å². The third-order valence-corrected chi connectivity index (χ3v) is 8.29. The van der Waals surface area contributed by atoms with Crippen molar-refractivity contribution in [3.8, 4) is 0 Å². The number of aliphatic hydroxyl groups excluding tert-OH is 1. The summed E-state index contributed by atoms with van der Waals surface area (Å²) in [5, 5.41) is 22.4. The third-order valence-electron chi connectivity index (χ3n) is 8.29. The van der Waals surface area contributed by atoms with Crippen LogP contribution < -0.4 is 5.73 Å². The maximum atomic E-state index is 12.5. The topological polar surface area (TPSA) is 101 Å². The van der Waals surface area contributed by atoms with Crippen molar-refractivity contribution in [3.05, 3.63) is 23.8 Å². The summed E-state index contributed by atoms with van der Waals surface area (Å²) >= 11 is 0. The van der Waals surface area contributed by atoms with Crippen LogP contribution in [0.5, 0.6) is 0 Å². The molecule has 6 heteroatoms. The van der Waals surface area contributed by atoms with Crippen molar-refractivity contribution < 1.29 is 19.8 Å². The summed E-state index contributed by atoms with van der Waals surface area (Å²) < 4.78 is 0. The molecule has 4 rings (SSSR count). The van der Waals surface area contributed by atoms with Crippen molar-refractivity contribution in [3.63, 3.8) is 0 Å². The number of Topliss-reactive ketones (excluding diaryl/α,β-unsaturated/α-hetero) is 1. The molecule has 4 unspecified atom stereocenters. The van der Waals surface area contributed by atoms with Crippen LogP contribution >= 0.6 is 12.4 Å². The van der Waals surface area contributed by atoms with E-state index in [0.717, 1.165) is 24.8 Å². The van der Waals surface area contributed by atoms with E-state index in [4.69, 9.17) is 5.73 Å². The van der Waals surface area contributed by atoms with Crippen LogP contribution in [0.2, 0.25) is 0 Å². The molecular formula is C21H30ClNO4. The number of allylic oxidation sites excluding steroid dienone is 4. The molecule has 4 aliphatic rings. The average Bonchev–Trinajstić information content (AvgIpc) is 2.86. The van der Waals surface area contributed by atoms with E-state index in [-0.39, 0.29) is 53.7 Å². The van der Waals surface area contributed by atoms with Gasteiger partial charge in [-0.3, -0.25) is 9.59 Å². The molecule has 0 saturated heterocycles. The van der Waals surface area contributed by atoms with Gasteiger partial charge >= 0.3 is 0 Å². The third kappa shape index (κ3) is 2.55. The van der Waals surface area contributed by atoms with Gasteiger partial charge in [0.2, 0.25) is 0 Å². The van der Waals surface area contributed by atoms with E-state index in [1.54, 1.807) is 12.2 Å². The quantitative estimate of drug-likeness (QED) is 0.663. The van der Waals surface area contributed by atoms with Crippen molar-refractivity contribution in [1.82, 2.24) is 0 Å². The molecule has 0 spiro atoms. The van der Waals surface area contributed by atoms with E-state index < -0.39 is 17.1 Å². The predicted molar refractivity (Wildman–Crippen MR) is 104 cm³/mol. The molecule has 0 bridgehead atoms. The summed E-state index contributed by atoms with van der Waals surface area (Å²) in [7, 11) is 0. The highest BCUT2D eigenvalue weighted by atomic mass is 35.5. The lowest BCUT2D eigenvalue weighted by atomic mass is 9.46. The van der Waals surface area contributed by atoms with Gasteiger partial charge in [-0.05, 0) is 56.1 Å². The first-order valence-electron chi connectivity index (χ1n) is 9.75. The molecule has 3 saturated carbocycles. The Labute approximate surface area is 166 Å². The zero-order chi connectivity index (χ0) is 18.9. The minimum Gasteiger partial charge on any atom is -0.393 e. The second-order valence-electron chi connectivity index (χ2n) is 9.24. The van der Waals surface area contributed by atoms with Gasteiger partial charge in [-0.1, -0.05) is 25.5 Å². The van der Waals surface area contributed by atoms with Crippen LogP contribution in [0.4, 0.5) is 0 Å². The minimum absolute atomic E-state index is 0. The Morgan fingerprint density at radius 1 is 1.33 bits per heavy atom. The molecule has 0 aliphatic heterocycles. The van der Waals surface area contributed by atoms with E-state index in [1.165, 1.54) is 0 Å². The Kier molecular flexibility index (Phi) is 5.00. The molecule has 5 nitrogen and oxygen atoms in total. The van der Waals surface area contributed by atoms with Crippen molar-refractivity contribution in [2.45, 2.75) is 57.7 Å². The Morgan fingerprint density at radius 2 is 2.04 bits per heavy atom. The van der Waals surface area contributed by atoms with Gasteiger partial charge in [0.15, 0.2) is 11.6 Å². The number of halogens is 1. The molecule has 0 aromatic carbocycles. The normalized spacial score (nSPS) is 48.0. The smallest absolute Gasteiger partial charge is 0.178 e. The average molecular weight is 396 g/mol. The molecule has 0 heterocycles. The number of hydrogen-bond acceptors (Lipinski definition) is 5. The highest BCUT2D eigenvalue weighted by molar-refractivity contribution is 6.01. The molecule has 0 aromatic rings. The Bertz CT molecular complexity index is 734. The predicted octanol–water partition coefficient (Wildman–Crippen LogP) is 1.95. The van der Waals surface area contributed by atoms with Gasteiger partial charge in [0.1, 0.15) is 5.60 Å². The van der Waals surface area contributed by atoms with Gasteiger partial charge in [0, 0.05) is 16.7 Å². The first-order chi connectivity index (χ1) is 12.2. The first kappa shape index (κ1) is 20.7. The zero-order valence-corrected chi connectivity index (χ0v) is 16.8. The lowest BCUT2D eigenvalue weighted by Gasteiger charge is -2.59. The molecule has 7 atom stereocenters. The van der Waals surface area contributed by atoms with Crippen molar-refractivity contribution in [1.29, 1.82) is 0 Å². The maximum absolute atomic E-state index is 12.5. The van der Waals surface area contributed by atoms with Crippen LogP contribution in [0.25, 0.3) is 0 Å². The number of aliphatic hydroxyl groups is 2.